The lowest BCUT2D eigenvalue weighted by atomic mass is 10.1. The van der Waals surface area contributed by atoms with Gasteiger partial charge in [0.15, 0.2) is 0 Å². The van der Waals surface area contributed by atoms with Gasteiger partial charge in [0.25, 0.3) is 6.47 Å². The first-order chi connectivity index (χ1) is 12.9. The molecule has 0 radical (unpaired) electrons. The molecule has 0 fully saturated rings. The fraction of sp³-hybridized carbons (Fsp3) is 0.333. The van der Waals surface area contributed by atoms with E-state index in [1.807, 2.05) is 62.4 Å². The molecule has 0 aliphatic rings. The number of carbonyl (C=O) groups is 2. The van der Waals surface area contributed by atoms with E-state index >= 15 is 0 Å². The van der Waals surface area contributed by atoms with Gasteiger partial charge in [0.1, 0.15) is 0 Å². The number of benzene rings is 2. The van der Waals surface area contributed by atoms with Crippen molar-refractivity contribution in [1.29, 1.82) is 0 Å². The quantitative estimate of drug-likeness (QED) is 0.554. The van der Waals surface area contributed by atoms with E-state index in [0.29, 0.717) is 0 Å². The molecule has 0 heterocycles. The van der Waals surface area contributed by atoms with Crippen LogP contribution in [0.2, 0.25) is 0 Å². The minimum Gasteiger partial charge on any atom is -0.483 e. The van der Waals surface area contributed by atoms with Crippen molar-refractivity contribution in [3.63, 3.8) is 0 Å². The van der Waals surface area contributed by atoms with Crippen LogP contribution in [-0.4, -0.2) is 41.3 Å². The second-order valence-electron chi connectivity index (χ2n) is 6.14. The van der Waals surface area contributed by atoms with Crippen LogP contribution in [0.15, 0.2) is 60.7 Å². The van der Waals surface area contributed by atoms with Crippen molar-refractivity contribution >= 4 is 12.4 Å². The first kappa shape index (κ1) is 24.3. The highest BCUT2D eigenvalue weighted by Gasteiger charge is 2.04. The summed E-state index contributed by atoms with van der Waals surface area (Å²) in [4.78, 5) is 18.7. The van der Waals surface area contributed by atoms with E-state index in [-0.39, 0.29) is 25.1 Å². The molecule has 148 valence electrons. The Morgan fingerprint density at radius 3 is 1.78 bits per heavy atom. The van der Waals surface area contributed by atoms with E-state index in [9.17, 15) is 4.79 Å². The standard InChI is InChI=1S/C11H15NO2.C9H13N.CH2O2/c1-9(12-8-11(13)14)7-10-5-3-2-4-6-10;1-8(10)7-9-5-3-2-4-6-9;2-1-3/h2-6,9,12H,7-8H2,1H3,(H,13,14);2-6,8H,7,10H2,1H3;1H,(H,2,3). The summed E-state index contributed by atoms with van der Waals surface area (Å²) in [5, 5.41) is 18.3. The summed E-state index contributed by atoms with van der Waals surface area (Å²) in [6.07, 6.45) is 1.83. The summed E-state index contributed by atoms with van der Waals surface area (Å²) in [6, 6.07) is 20.8. The van der Waals surface area contributed by atoms with Crippen molar-refractivity contribution < 1.29 is 19.8 Å². The lowest BCUT2D eigenvalue weighted by Crippen LogP contribution is -2.32. The third kappa shape index (κ3) is 15.3. The smallest absolute Gasteiger partial charge is 0.317 e. The van der Waals surface area contributed by atoms with Gasteiger partial charge in [-0.15, -0.1) is 0 Å². The summed E-state index contributed by atoms with van der Waals surface area (Å²) >= 11 is 0. The second-order valence-corrected chi connectivity index (χ2v) is 6.14. The second kappa shape index (κ2) is 15.5. The zero-order chi connectivity index (χ0) is 20.5. The molecule has 0 bridgehead atoms. The highest BCUT2D eigenvalue weighted by atomic mass is 16.4. The largest absolute Gasteiger partial charge is 0.483 e. The molecule has 2 unspecified atom stereocenters. The van der Waals surface area contributed by atoms with Crippen molar-refractivity contribution in [3.8, 4) is 0 Å². The normalized spacial score (nSPS) is 11.7. The fourth-order valence-electron chi connectivity index (χ4n) is 2.29. The molecular weight excluding hydrogens is 344 g/mol. The van der Waals surface area contributed by atoms with Crippen molar-refractivity contribution in [1.82, 2.24) is 5.32 Å². The van der Waals surface area contributed by atoms with Gasteiger partial charge in [0, 0.05) is 12.1 Å². The molecule has 2 aromatic rings. The van der Waals surface area contributed by atoms with E-state index in [1.54, 1.807) is 0 Å². The molecule has 2 aromatic carbocycles. The minimum atomic E-state index is -0.815. The van der Waals surface area contributed by atoms with Gasteiger partial charge in [0.2, 0.25) is 0 Å². The number of carboxylic acids is 1. The Labute approximate surface area is 161 Å². The molecule has 0 aliphatic heterocycles. The van der Waals surface area contributed by atoms with E-state index in [4.69, 9.17) is 20.7 Å². The van der Waals surface area contributed by atoms with Gasteiger partial charge in [-0.1, -0.05) is 60.7 Å². The molecule has 0 aromatic heterocycles. The molecule has 2 rings (SSSR count). The molecule has 0 spiro atoms. The summed E-state index contributed by atoms with van der Waals surface area (Å²) in [5.41, 5.74) is 8.16. The number of rotatable bonds is 7. The maximum Gasteiger partial charge on any atom is 0.317 e. The molecule has 0 saturated heterocycles. The van der Waals surface area contributed by atoms with E-state index in [1.165, 1.54) is 11.1 Å². The topological polar surface area (TPSA) is 113 Å². The lowest BCUT2D eigenvalue weighted by molar-refractivity contribution is -0.136. The zero-order valence-corrected chi connectivity index (χ0v) is 15.9. The highest BCUT2D eigenvalue weighted by molar-refractivity contribution is 5.69. The minimum absolute atomic E-state index is 0.0218. The van der Waals surface area contributed by atoms with Crippen molar-refractivity contribution in [2.45, 2.75) is 38.8 Å². The first-order valence-corrected chi connectivity index (χ1v) is 8.75. The van der Waals surface area contributed by atoms with Gasteiger partial charge in [0.05, 0.1) is 6.54 Å². The number of nitrogens with one attached hydrogen (secondary N) is 1. The predicted molar refractivity (Wildman–Crippen MR) is 108 cm³/mol. The molecule has 0 saturated carbocycles. The maximum atomic E-state index is 10.3. The lowest BCUT2D eigenvalue weighted by Gasteiger charge is -2.11. The van der Waals surface area contributed by atoms with Crippen molar-refractivity contribution in [2.75, 3.05) is 6.54 Å². The summed E-state index contributed by atoms with van der Waals surface area (Å²) < 4.78 is 0. The Balaban J connectivity index is 0.000000455. The molecule has 6 heteroatoms. The van der Waals surface area contributed by atoms with Crippen molar-refractivity contribution in [3.05, 3.63) is 71.8 Å². The van der Waals surface area contributed by atoms with Crippen LogP contribution in [0.25, 0.3) is 0 Å². The van der Waals surface area contributed by atoms with Gasteiger partial charge in [-0.05, 0) is 37.8 Å². The third-order valence-corrected chi connectivity index (χ3v) is 3.39. The number of hydrogen-bond acceptors (Lipinski definition) is 4. The van der Waals surface area contributed by atoms with E-state index in [2.05, 4.69) is 17.4 Å². The summed E-state index contributed by atoms with van der Waals surface area (Å²) in [7, 11) is 0. The van der Waals surface area contributed by atoms with Gasteiger partial charge >= 0.3 is 5.97 Å². The molecule has 5 N–H and O–H groups in total. The Hall–Kier alpha value is -2.70. The molecule has 0 aliphatic carbocycles. The van der Waals surface area contributed by atoms with Gasteiger partial charge in [-0.3, -0.25) is 9.59 Å². The Kier molecular flexibility index (Phi) is 14.0. The van der Waals surface area contributed by atoms with Crippen LogP contribution >= 0.6 is 0 Å². The van der Waals surface area contributed by atoms with Crippen LogP contribution in [0.1, 0.15) is 25.0 Å². The Bertz CT molecular complexity index is 619. The molecule has 6 nitrogen and oxygen atoms in total. The first-order valence-electron chi connectivity index (χ1n) is 8.75. The Morgan fingerprint density at radius 1 is 1.00 bits per heavy atom. The van der Waals surface area contributed by atoms with E-state index in [0.717, 1.165) is 12.8 Å². The van der Waals surface area contributed by atoms with Crippen LogP contribution in [0.3, 0.4) is 0 Å². The molecule has 0 amide bonds. The average molecular weight is 374 g/mol. The average Bonchev–Trinajstić information content (AvgIpc) is 2.62. The molecule has 27 heavy (non-hydrogen) atoms. The Morgan fingerprint density at radius 2 is 1.41 bits per heavy atom. The summed E-state index contributed by atoms with van der Waals surface area (Å²) in [5.74, 6) is -0.815. The number of carboxylic acid groups (broad SMARTS) is 2. The molecular formula is C21H30N2O4. The maximum absolute atomic E-state index is 10.3. The van der Waals surface area contributed by atoms with E-state index < -0.39 is 5.97 Å². The van der Waals surface area contributed by atoms with Crippen molar-refractivity contribution in [2.24, 2.45) is 5.73 Å². The van der Waals surface area contributed by atoms with Crippen LogP contribution in [0.5, 0.6) is 0 Å². The monoisotopic (exact) mass is 374 g/mol. The van der Waals surface area contributed by atoms with Crippen LogP contribution in [-0.2, 0) is 22.4 Å². The summed E-state index contributed by atoms with van der Waals surface area (Å²) in [6.45, 7) is 3.77. The zero-order valence-electron chi connectivity index (χ0n) is 15.9. The number of aliphatic carboxylic acids is 1. The van der Waals surface area contributed by atoms with Crippen LogP contribution in [0.4, 0.5) is 0 Å². The number of hydrogen-bond donors (Lipinski definition) is 4. The fourth-order valence-corrected chi connectivity index (χ4v) is 2.29. The highest BCUT2D eigenvalue weighted by Crippen LogP contribution is 2.02. The van der Waals surface area contributed by atoms with Crippen LogP contribution < -0.4 is 11.1 Å². The molecule has 2 atom stereocenters. The SMILES string of the molecule is CC(Cc1ccccc1)NCC(=O)O.CC(N)Cc1ccccc1.O=CO. The van der Waals surface area contributed by atoms with Gasteiger partial charge in [-0.2, -0.15) is 0 Å². The van der Waals surface area contributed by atoms with Crippen LogP contribution in [0, 0.1) is 0 Å². The van der Waals surface area contributed by atoms with Gasteiger partial charge < -0.3 is 21.3 Å². The predicted octanol–water partition coefficient (Wildman–Crippen LogP) is 2.57. The van der Waals surface area contributed by atoms with Gasteiger partial charge in [-0.25, -0.2) is 0 Å². The number of nitrogens with two attached hydrogens (primary N) is 1. The third-order valence-electron chi connectivity index (χ3n) is 3.39.